The smallest absolute Gasteiger partial charge is 0.374 e. The van der Waals surface area contributed by atoms with Gasteiger partial charge < -0.3 is 14.1 Å². The summed E-state index contributed by atoms with van der Waals surface area (Å²) in [6.07, 6.45) is 3.05. The second kappa shape index (κ2) is 7.81. The second-order valence-corrected chi connectivity index (χ2v) is 5.99. The van der Waals surface area contributed by atoms with E-state index < -0.39 is 10.9 Å². The Balaban J connectivity index is 1.59. The van der Waals surface area contributed by atoms with Crippen LogP contribution in [0, 0.1) is 10.1 Å². The number of rotatable bonds is 5. The Morgan fingerprint density at radius 3 is 2.42 bits per heavy atom. The van der Waals surface area contributed by atoms with E-state index in [1.165, 1.54) is 30.3 Å². The average Bonchev–Trinajstić information content (AvgIpc) is 3.17. The van der Waals surface area contributed by atoms with Gasteiger partial charge in [0.05, 0.1) is 4.92 Å². The highest BCUT2D eigenvalue weighted by Gasteiger charge is 2.20. The third-order valence-corrected chi connectivity index (χ3v) is 4.21. The number of hydrogen-bond acceptors (Lipinski definition) is 6. The van der Waals surface area contributed by atoms with Gasteiger partial charge in [-0.2, -0.15) is 0 Å². The summed E-state index contributed by atoms with van der Waals surface area (Å²) in [6.45, 7) is 1.08. The van der Waals surface area contributed by atoms with Crippen LogP contribution >= 0.6 is 0 Å². The number of hydrogen-bond donors (Lipinski definition) is 0. The van der Waals surface area contributed by atoms with Crippen LogP contribution in [0.5, 0.6) is 0 Å². The first-order chi connectivity index (χ1) is 12.5. The van der Waals surface area contributed by atoms with E-state index in [9.17, 15) is 19.7 Å². The van der Waals surface area contributed by atoms with Crippen molar-refractivity contribution in [3.63, 3.8) is 0 Å². The van der Waals surface area contributed by atoms with Crippen LogP contribution in [-0.2, 0) is 9.53 Å². The maximum absolute atomic E-state index is 12.0. The molecule has 0 N–H and O–H groups in total. The number of carbonyl (C=O) groups excluding carboxylic acids is 2. The van der Waals surface area contributed by atoms with Gasteiger partial charge in [-0.3, -0.25) is 14.9 Å². The third kappa shape index (κ3) is 4.08. The van der Waals surface area contributed by atoms with Crippen LogP contribution < -0.4 is 0 Å². The maximum Gasteiger partial charge on any atom is 0.374 e. The number of carbonyl (C=O) groups is 2. The summed E-state index contributed by atoms with van der Waals surface area (Å²) in [5.74, 6) is -0.567. The number of amides is 1. The Labute approximate surface area is 149 Å². The van der Waals surface area contributed by atoms with Crippen LogP contribution in [-0.4, -0.2) is 41.4 Å². The SMILES string of the molecule is O=C(OCC(=O)N1CCCCC1)c1ccc(-c2ccc([N+](=O)[O-])cc2)o1. The molecule has 0 spiro atoms. The summed E-state index contributed by atoms with van der Waals surface area (Å²) in [5.41, 5.74) is 0.565. The molecular formula is C18H18N2O6. The van der Waals surface area contributed by atoms with Crippen LogP contribution in [0.2, 0.25) is 0 Å². The van der Waals surface area contributed by atoms with Gasteiger partial charge in [-0.1, -0.05) is 0 Å². The van der Waals surface area contributed by atoms with Crippen LogP contribution in [0.3, 0.4) is 0 Å². The van der Waals surface area contributed by atoms with Crippen molar-refractivity contribution in [3.8, 4) is 11.3 Å². The lowest BCUT2D eigenvalue weighted by Gasteiger charge is -2.26. The Morgan fingerprint density at radius 2 is 1.77 bits per heavy atom. The summed E-state index contributed by atoms with van der Waals surface area (Å²) in [6, 6.07) is 8.80. The van der Waals surface area contributed by atoms with Crippen molar-refractivity contribution < 1.29 is 23.7 Å². The molecule has 0 unspecified atom stereocenters. The molecule has 1 aromatic heterocycles. The van der Waals surface area contributed by atoms with Crippen molar-refractivity contribution >= 4 is 17.6 Å². The number of nitro benzene ring substituents is 1. The van der Waals surface area contributed by atoms with Gasteiger partial charge in [0.15, 0.2) is 6.61 Å². The summed E-state index contributed by atoms with van der Waals surface area (Å²) in [5, 5.41) is 10.7. The average molecular weight is 358 g/mol. The highest BCUT2D eigenvalue weighted by atomic mass is 16.6. The molecule has 0 aliphatic carbocycles. The Morgan fingerprint density at radius 1 is 1.08 bits per heavy atom. The largest absolute Gasteiger partial charge is 0.450 e. The lowest BCUT2D eigenvalue weighted by Crippen LogP contribution is -2.38. The van der Waals surface area contributed by atoms with Crippen molar-refractivity contribution in [2.75, 3.05) is 19.7 Å². The quantitative estimate of drug-likeness (QED) is 0.462. The van der Waals surface area contributed by atoms with Crippen molar-refractivity contribution in [1.29, 1.82) is 0 Å². The van der Waals surface area contributed by atoms with E-state index in [0.29, 0.717) is 24.4 Å². The fraction of sp³-hybridized carbons (Fsp3) is 0.333. The number of likely N-dealkylation sites (tertiary alicyclic amines) is 1. The molecule has 1 amide bonds. The van der Waals surface area contributed by atoms with Crippen LogP contribution in [0.4, 0.5) is 5.69 Å². The summed E-state index contributed by atoms with van der Waals surface area (Å²) >= 11 is 0. The molecule has 26 heavy (non-hydrogen) atoms. The van der Waals surface area contributed by atoms with E-state index >= 15 is 0 Å². The molecule has 0 radical (unpaired) electrons. The third-order valence-electron chi connectivity index (χ3n) is 4.21. The molecular weight excluding hydrogens is 340 g/mol. The zero-order chi connectivity index (χ0) is 18.5. The first-order valence-electron chi connectivity index (χ1n) is 8.34. The van der Waals surface area contributed by atoms with Crippen LogP contribution in [0.15, 0.2) is 40.8 Å². The highest BCUT2D eigenvalue weighted by molar-refractivity contribution is 5.89. The van der Waals surface area contributed by atoms with Crippen LogP contribution in [0.25, 0.3) is 11.3 Å². The molecule has 0 bridgehead atoms. The molecule has 0 saturated carbocycles. The summed E-state index contributed by atoms with van der Waals surface area (Å²) in [7, 11) is 0. The van der Waals surface area contributed by atoms with Crippen LogP contribution in [0.1, 0.15) is 29.8 Å². The Kier molecular flexibility index (Phi) is 5.31. The van der Waals surface area contributed by atoms with Crippen molar-refractivity contribution in [2.45, 2.75) is 19.3 Å². The predicted molar refractivity (Wildman–Crippen MR) is 91.5 cm³/mol. The van der Waals surface area contributed by atoms with E-state index in [-0.39, 0.29) is 24.0 Å². The molecule has 2 heterocycles. The molecule has 2 aromatic rings. The monoisotopic (exact) mass is 358 g/mol. The minimum atomic E-state index is -0.719. The molecule has 1 aromatic carbocycles. The van der Waals surface area contributed by atoms with Crippen molar-refractivity contribution in [1.82, 2.24) is 4.90 Å². The molecule has 1 saturated heterocycles. The number of piperidine rings is 1. The van der Waals surface area contributed by atoms with E-state index in [4.69, 9.17) is 9.15 Å². The first kappa shape index (κ1) is 17.7. The van der Waals surface area contributed by atoms with Gasteiger partial charge in [0.1, 0.15) is 5.76 Å². The maximum atomic E-state index is 12.0. The number of furan rings is 1. The minimum Gasteiger partial charge on any atom is -0.450 e. The zero-order valence-electron chi connectivity index (χ0n) is 14.1. The van der Waals surface area contributed by atoms with Crippen molar-refractivity contribution in [3.05, 3.63) is 52.3 Å². The van der Waals surface area contributed by atoms with Gasteiger partial charge in [-0.15, -0.1) is 0 Å². The lowest BCUT2D eigenvalue weighted by atomic mass is 10.1. The fourth-order valence-corrected chi connectivity index (χ4v) is 2.78. The Bertz CT molecular complexity index is 805. The van der Waals surface area contributed by atoms with Gasteiger partial charge in [0, 0.05) is 30.8 Å². The van der Waals surface area contributed by atoms with Gasteiger partial charge >= 0.3 is 5.97 Å². The molecule has 136 valence electrons. The highest BCUT2D eigenvalue weighted by Crippen LogP contribution is 2.24. The number of nitrogens with zero attached hydrogens (tertiary/aromatic N) is 2. The van der Waals surface area contributed by atoms with Gasteiger partial charge in [0.25, 0.3) is 11.6 Å². The first-order valence-corrected chi connectivity index (χ1v) is 8.34. The molecule has 3 rings (SSSR count). The normalized spacial score (nSPS) is 14.1. The summed E-state index contributed by atoms with van der Waals surface area (Å²) in [4.78, 5) is 35.9. The molecule has 1 aliphatic heterocycles. The molecule has 0 atom stereocenters. The van der Waals surface area contributed by atoms with Crippen molar-refractivity contribution in [2.24, 2.45) is 0 Å². The predicted octanol–water partition coefficient (Wildman–Crippen LogP) is 3.02. The Hall–Kier alpha value is -3.16. The number of esters is 1. The van der Waals surface area contributed by atoms with E-state index in [0.717, 1.165) is 19.3 Å². The van der Waals surface area contributed by atoms with Gasteiger partial charge in [-0.05, 0) is 43.5 Å². The second-order valence-electron chi connectivity index (χ2n) is 5.99. The fourth-order valence-electron chi connectivity index (χ4n) is 2.78. The number of benzene rings is 1. The van der Waals surface area contributed by atoms with Gasteiger partial charge in [-0.25, -0.2) is 4.79 Å². The summed E-state index contributed by atoms with van der Waals surface area (Å²) < 4.78 is 10.5. The standard InChI is InChI=1S/C18H18N2O6/c21-17(19-10-2-1-3-11-19)12-25-18(22)16-9-8-15(26-16)13-4-6-14(7-5-13)20(23)24/h4-9H,1-3,10-12H2. The van der Waals surface area contributed by atoms with E-state index in [1.807, 2.05) is 0 Å². The van der Waals surface area contributed by atoms with E-state index in [1.54, 1.807) is 11.0 Å². The number of nitro groups is 1. The van der Waals surface area contributed by atoms with Gasteiger partial charge in [0.2, 0.25) is 5.76 Å². The van der Waals surface area contributed by atoms with E-state index in [2.05, 4.69) is 0 Å². The molecule has 8 nitrogen and oxygen atoms in total. The zero-order valence-corrected chi connectivity index (χ0v) is 14.1. The topological polar surface area (TPSA) is 103 Å². The molecule has 8 heteroatoms. The number of ether oxygens (including phenoxy) is 1. The molecule has 1 aliphatic rings. The molecule has 1 fully saturated rings. The lowest BCUT2D eigenvalue weighted by molar-refractivity contribution is -0.384. The number of non-ortho nitro benzene ring substituents is 1. The minimum absolute atomic E-state index is 0.0233.